The highest BCUT2D eigenvalue weighted by Crippen LogP contribution is 2.23. The Morgan fingerprint density at radius 3 is 2.68 bits per heavy atom. The Balaban J connectivity index is 1.19. The Labute approximate surface area is 222 Å². The predicted octanol–water partition coefficient (Wildman–Crippen LogP) is 4.83. The molecule has 0 radical (unpaired) electrons. The smallest absolute Gasteiger partial charge is 0.253 e. The first-order valence-electron chi connectivity index (χ1n) is 12.9. The molecule has 2 heterocycles. The van der Waals surface area contributed by atoms with E-state index in [9.17, 15) is 9.59 Å². The van der Waals surface area contributed by atoms with Crippen LogP contribution in [0.5, 0.6) is 0 Å². The molecule has 3 aromatic carbocycles. The molecular weight excluding hydrogens is 478 g/mol. The molecule has 2 N–H and O–H groups in total. The first kappa shape index (κ1) is 25.4. The van der Waals surface area contributed by atoms with Crippen LogP contribution in [0.4, 0.5) is 5.69 Å². The van der Waals surface area contributed by atoms with E-state index in [-0.39, 0.29) is 17.7 Å². The van der Waals surface area contributed by atoms with Crippen LogP contribution >= 0.6 is 0 Å². The average Bonchev–Trinajstić information content (AvgIpc) is 3.41. The molecule has 8 heteroatoms. The van der Waals surface area contributed by atoms with Gasteiger partial charge in [-0.15, -0.1) is 0 Å². The van der Waals surface area contributed by atoms with Gasteiger partial charge in [-0.3, -0.25) is 14.5 Å². The van der Waals surface area contributed by atoms with Crippen LogP contribution in [0, 0.1) is 12.8 Å². The molecule has 8 nitrogen and oxygen atoms in total. The molecule has 1 saturated heterocycles. The second-order valence-corrected chi connectivity index (χ2v) is 9.66. The molecule has 1 unspecified atom stereocenters. The van der Waals surface area contributed by atoms with E-state index in [1.54, 1.807) is 18.2 Å². The lowest BCUT2D eigenvalue weighted by Gasteiger charge is -2.31. The number of hydrogen-bond acceptors (Lipinski definition) is 6. The molecule has 38 heavy (non-hydrogen) atoms. The summed E-state index contributed by atoms with van der Waals surface area (Å²) in [5.74, 6) is 0.573. The summed E-state index contributed by atoms with van der Waals surface area (Å²) < 4.78 is 5.50. The lowest BCUT2D eigenvalue weighted by molar-refractivity contribution is -0.121. The van der Waals surface area contributed by atoms with E-state index >= 15 is 0 Å². The summed E-state index contributed by atoms with van der Waals surface area (Å²) in [5, 5.41) is 10.1. The first-order chi connectivity index (χ1) is 18.5. The van der Waals surface area contributed by atoms with Gasteiger partial charge in [0.1, 0.15) is 0 Å². The Hall–Kier alpha value is -4.30. The maximum atomic E-state index is 13.2. The van der Waals surface area contributed by atoms with E-state index in [2.05, 4.69) is 25.7 Å². The average molecular weight is 510 g/mol. The van der Waals surface area contributed by atoms with Crippen molar-refractivity contribution >= 4 is 17.5 Å². The van der Waals surface area contributed by atoms with Crippen molar-refractivity contribution < 1.29 is 14.1 Å². The SMILES string of the molecule is Cc1cccc(-c2noc(CN3CCCC(C(=O)Nc4ccccc4C(=O)NCc4ccccc4)C3)n2)c1. The van der Waals surface area contributed by atoms with Crippen LogP contribution in [0.3, 0.4) is 0 Å². The normalized spacial score (nSPS) is 15.7. The third-order valence-corrected chi connectivity index (χ3v) is 6.70. The molecule has 0 bridgehead atoms. The van der Waals surface area contributed by atoms with Gasteiger partial charge in [-0.05, 0) is 50.1 Å². The number of amides is 2. The maximum Gasteiger partial charge on any atom is 0.253 e. The molecular formula is C30H31N5O3. The topological polar surface area (TPSA) is 100 Å². The molecule has 2 amide bonds. The van der Waals surface area contributed by atoms with Gasteiger partial charge in [0, 0.05) is 18.7 Å². The second kappa shape index (κ2) is 11.8. The molecule has 0 aliphatic carbocycles. The molecule has 4 aromatic rings. The highest BCUT2D eigenvalue weighted by Gasteiger charge is 2.28. The largest absolute Gasteiger partial charge is 0.348 e. The van der Waals surface area contributed by atoms with E-state index in [1.807, 2.05) is 67.6 Å². The van der Waals surface area contributed by atoms with E-state index in [1.165, 1.54) is 0 Å². The second-order valence-electron chi connectivity index (χ2n) is 9.66. The zero-order chi connectivity index (χ0) is 26.3. The van der Waals surface area contributed by atoms with Crippen LogP contribution in [0.1, 0.15) is 40.2 Å². The minimum absolute atomic E-state index is 0.0935. The van der Waals surface area contributed by atoms with Gasteiger partial charge in [0.25, 0.3) is 5.91 Å². The summed E-state index contributed by atoms with van der Waals surface area (Å²) in [6.07, 6.45) is 1.67. The number of carbonyl (C=O) groups is 2. The van der Waals surface area contributed by atoms with Crippen molar-refractivity contribution in [1.29, 1.82) is 0 Å². The minimum Gasteiger partial charge on any atom is -0.348 e. The van der Waals surface area contributed by atoms with Crippen LogP contribution in [-0.4, -0.2) is 39.9 Å². The summed E-state index contributed by atoms with van der Waals surface area (Å²) in [5.41, 5.74) is 4.02. The number of nitrogens with zero attached hydrogens (tertiary/aromatic N) is 3. The molecule has 1 aromatic heterocycles. The Kier molecular flexibility index (Phi) is 7.89. The number of aryl methyl sites for hydroxylation is 1. The van der Waals surface area contributed by atoms with Crippen molar-refractivity contribution in [1.82, 2.24) is 20.4 Å². The zero-order valence-corrected chi connectivity index (χ0v) is 21.4. The van der Waals surface area contributed by atoms with E-state index in [0.29, 0.717) is 42.6 Å². The number of likely N-dealkylation sites (tertiary alicyclic amines) is 1. The monoisotopic (exact) mass is 509 g/mol. The summed E-state index contributed by atoms with van der Waals surface area (Å²) in [4.78, 5) is 32.8. The lowest BCUT2D eigenvalue weighted by Crippen LogP contribution is -2.40. The van der Waals surface area contributed by atoms with Crippen molar-refractivity contribution in [3.63, 3.8) is 0 Å². The van der Waals surface area contributed by atoms with Gasteiger partial charge < -0.3 is 15.2 Å². The van der Waals surface area contributed by atoms with Crippen LogP contribution in [0.2, 0.25) is 0 Å². The number of carbonyl (C=O) groups excluding carboxylic acids is 2. The van der Waals surface area contributed by atoms with Crippen molar-refractivity contribution in [3.8, 4) is 11.4 Å². The van der Waals surface area contributed by atoms with Crippen LogP contribution in [0.25, 0.3) is 11.4 Å². The molecule has 194 valence electrons. The van der Waals surface area contributed by atoms with Crippen LogP contribution in [-0.2, 0) is 17.9 Å². The minimum atomic E-state index is -0.226. The predicted molar refractivity (Wildman–Crippen MR) is 145 cm³/mol. The van der Waals surface area contributed by atoms with E-state index in [0.717, 1.165) is 36.1 Å². The van der Waals surface area contributed by atoms with Crippen LogP contribution in [0.15, 0.2) is 83.4 Å². The third kappa shape index (κ3) is 6.33. The van der Waals surface area contributed by atoms with Crippen LogP contribution < -0.4 is 10.6 Å². The van der Waals surface area contributed by atoms with Gasteiger partial charge in [-0.25, -0.2) is 0 Å². The molecule has 1 fully saturated rings. The van der Waals surface area contributed by atoms with Gasteiger partial charge in [0.15, 0.2) is 0 Å². The van der Waals surface area contributed by atoms with Crippen molar-refractivity contribution in [2.45, 2.75) is 32.9 Å². The zero-order valence-electron chi connectivity index (χ0n) is 21.4. The summed E-state index contributed by atoms with van der Waals surface area (Å²) in [6.45, 7) is 4.36. The Morgan fingerprint density at radius 2 is 1.84 bits per heavy atom. The molecule has 5 rings (SSSR count). The Bertz CT molecular complexity index is 1400. The lowest BCUT2D eigenvalue weighted by atomic mass is 9.96. The van der Waals surface area contributed by atoms with Crippen molar-refractivity contribution in [2.24, 2.45) is 5.92 Å². The van der Waals surface area contributed by atoms with Gasteiger partial charge in [-0.2, -0.15) is 4.98 Å². The number of piperidine rings is 1. The fourth-order valence-corrected chi connectivity index (χ4v) is 4.72. The van der Waals surface area contributed by atoms with E-state index in [4.69, 9.17) is 4.52 Å². The number of nitrogens with one attached hydrogen (secondary N) is 2. The molecule has 1 atom stereocenters. The molecule has 0 spiro atoms. The highest BCUT2D eigenvalue weighted by molar-refractivity contribution is 6.04. The number of aromatic nitrogens is 2. The van der Waals surface area contributed by atoms with Crippen molar-refractivity contribution in [3.05, 3.63) is 101 Å². The van der Waals surface area contributed by atoms with E-state index < -0.39 is 0 Å². The van der Waals surface area contributed by atoms with Gasteiger partial charge in [0.2, 0.25) is 17.6 Å². The maximum absolute atomic E-state index is 13.2. The third-order valence-electron chi connectivity index (χ3n) is 6.70. The number of hydrogen-bond donors (Lipinski definition) is 2. The fraction of sp³-hybridized carbons (Fsp3) is 0.267. The molecule has 0 saturated carbocycles. The standard InChI is InChI=1S/C30H31N5O3/c1-21-9-7-12-23(17-21)28-33-27(38-34-28)20-35-16-8-13-24(19-35)29(36)32-26-15-6-5-14-25(26)30(37)31-18-22-10-3-2-4-11-22/h2-7,9-12,14-15,17,24H,8,13,16,18-20H2,1H3,(H,31,37)(H,32,36). The van der Waals surface area contributed by atoms with Gasteiger partial charge >= 0.3 is 0 Å². The quantitative estimate of drug-likeness (QED) is 0.353. The first-order valence-corrected chi connectivity index (χ1v) is 12.9. The molecule has 1 aliphatic rings. The number of anilines is 1. The number of rotatable bonds is 8. The van der Waals surface area contributed by atoms with Gasteiger partial charge in [0.05, 0.1) is 23.7 Å². The van der Waals surface area contributed by atoms with Gasteiger partial charge in [-0.1, -0.05) is 71.4 Å². The fourth-order valence-electron chi connectivity index (χ4n) is 4.72. The Morgan fingerprint density at radius 1 is 1.03 bits per heavy atom. The van der Waals surface area contributed by atoms with Crippen molar-refractivity contribution in [2.75, 3.05) is 18.4 Å². The summed E-state index contributed by atoms with van der Waals surface area (Å²) >= 11 is 0. The number of para-hydroxylation sites is 1. The highest BCUT2D eigenvalue weighted by atomic mass is 16.5. The summed E-state index contributed by atoms with van der Waals surface area (Å²) in [7, 11) is 0. The summed E-state index contributed by atoms with van der Waals surface area (Å²) in [6, 6.07) is 24.8. The molecule has 1 aliphatic heterocycles. The number of benzene rings is 3.